The number of hydrogen-bond acceptors (Lipinski definition) is 4. The lowest BCUT2D eigenvalue weighted by atomic mass is 10.1. The summed E-state index contributed by atoms with van der Waals surface area (Å²) in [6, 6.07) is 4.46. The quantitative estimate of drug-likeness (QED) is 0.850. The fourth-order valence-electron chi connectivity index (χ4n) is 1.80. The van der Waals surface area contributed by atoms with Crippen LogP contribution in [-0.4, -0.2) is 36.2 Å². The number of carbonyl (C=O) groups is 2. The minimum Gasteiger partial charge on any atom is -0.486 e. The Morgan fingerprint density at radius 2 is 2.00 bits per heavy atom. The first-order chi connectivity index (χ1) is 9.06. The Balaban J connectivity index is 2.05. The van der Waals surface area contributed by atoms with Crippen molar-refractivity contribution in [2.45, 2.75) is 19.4 Å². The number of carboxylic acid groups (broad SMARTS) is 1. The van der Waals surface area contributed by atoms with Crippen molar-refractivity contribution < 1.29 is 24.2 Å². The molecule has 1 heterocycles. The van der Waals surface area contributed by atoms with E-state index in [-0.39, 0.29) is 12.3 Å². The summed E-state index contributed by atoms with van der Waals surface area (Å²) in [5.74, 6) is -0.133. The summed E-state index contributed by atoms with van der Waals surface area (Å²) in [4.78, 5) is 22.5. The Labute approximate surface area is 110 Å². The first kappa shape index (κ1) is 13.2. The van der Waals surface area contributed by atoms with Crippen molar-refractivity contribution in [2.24, 2.45) is 0 Å². The van der Waals surface area contributed by atoms with Gasteiger partial charge in [-0.05, 0) is 25.1 Å². The Hall–Kier alpha value is -2.24. The fourth-order valence-corrected chi connectivity index (χ4v) is 1.80. The summed E-state index contributed by atoms with van der Waals surface area (Å²) < 4.78 is 10.7. The highest BCUT2D eigenvalue weighted by Crippen LogP contribution is 2.30. The van der Waals surface area contributed by atoms with Crippen LogP contribution in [0.1, 0.15) is 23.7 Å². The number of benzene rings is 1. The van der Waals surface area contributed by atoms with Crippen molar-refractivity contribution in [1.29, 1.82) is 0 Å². The molecule has 1 aromatic carbocycles. The molecule has 0 aliphatic carbocycles. The number of aliphatic carboxylic acids is 1. The number of nitrogens with one attached hydrogen (secondary N) is 1. The van der Waals surface area contributed by atoms with Gasteiger partial charge in [-0.25, -0.2) is 0 Å². The van der Waals surface area contributed by atoms with E-state index >= 15 is 0 Å². The van der Waals surface area contributed by atoms with E-state index in [1.54, 1.807) is 25.1 Å². The number of carboxylic acids is 1. The zero-order valence-corrected chi connectivity index (χ0v) is 10.5. The van der Waals surface area contributed by atoms with E-state index in [1.807, 2.05) is 0 Å². The van der Waals surface area contributed by atoms with Gasteiger partial charge in [0, 0.05) is 11.6 Å². The van der Waals surface area contributed by atoms with Gasteiger partial charge in [-0.15, -0.1) is 0 Å². The van der Waals surface area contributed by atoms with Crippen LogP contribution in [0, 0.1) is 0 Å². The average Bonchev–Trinajstić information content (AvgIpc) is 2.37. The molecule has 0 saturated carbocycles. The van der Waals surface area contributed by atoms with Gasteiger partial charge in [0.15, 0.2) is 11.5 Å². The normalized spacial score (nSPS) is 14.6. The molecule has 0 radical (unpaired) electrons. The molecule has 0 spiro atoms. The number of amides is 1. The second-order valence-corrected chi connectivity index (χ2v) is 4.33. The van der Waals surface area contributed by atoms with E-state index < -0.39 is 12.0 Å². The van der Waals surface area contributed by atoms with Crippen LogP contribution >= 0.6 is 0 Å². The predicted molar refractivity (Wildman–Crippen MR) is 66.6 cm³/mol. The number of ether oxygens (including phenoxy) is 2. The van der Waals surface area contributed by atoms with Crippen LogP contribution in [0.2, 0.25) is 0 Å². The third-order valence-corrected chi connectivity index (χ3v) is 2.66. The minimum absolute atomic E-state index is 0.115. The third kappa shape index (κ3) is 3.37. The zero-order valence-electron chi connectivity index (χ0n) is 10.5. The van der Waals surface area contributed by atoms with Crippen LogP contribution in [0.4, 0.5) is 0 Å². The summed E-state index contributed by atoms with van der Waals surface area (Å²) in [5.41, 5.74) is 0.418. The standard InChI is InChI=1S/C13H15NO5/c1-8(6-12(15)16)14-13(17)9-2-3-10-11(7-9)19-5-4-18-10/h2-3,7-8H,4-6H2,1H3,(H,14,17)(H,15,16). The molecule has 1 aliphatic rings. The number of carbonyl (C=O) groups excluding carboxylic acids is 1. The zero-order chi connectivity index (χ0) is 13.8. The van der Waals surface area contributed by atoms with Crippen molar-refractivity contribution >= 4 is 11.9 Å². The van der Waals surface area contributed by atoms with Gasteiger partial charge < -0.3 is 19.9 Å². The van der Waals surface area contributed by atoms with E-state index in [9.17, 15) is 9.59 Å². The van der Waals surface area contributed by atoms with Gasteiger partial charge in [0.05, 0.1) is 6.42 Å². The Morgan fingerprint density at radius 3 is 2.68 bits per heavy atom. The lowest BCUT2D eigenvalue weighted by Crippen LogP contribution is -2.34. The monoisotopic (exact) mass is 265 g/mol. The molecule has 2 N–H and O–H groups in total. The molecule has 19 heavy (non-hydrogen) atoms. The Morgan fingerprint density at radius 1 is 1.32 bits per heavy atom. The molecule has 1 atom stereocenters. The van der Waals surface area contributed by atoms with Crippen molar-refractivity contribution in [2.75, 3.05) is 13.2 Å². The lowest BCUT2D eigenvalue weighted by molar-refractivity contribution is -0.137. The molecule has 0 aromatic heterocycles. The smallest absolute Gasteiger partial charge is 0.305 e. The van der Waals surface area contributed by atoms with Crippen molar-refractivity contribution in [3.05, 3.63) is 23.8 Å². The second-order valence-electron chi connectivity index (χ2n) is 4.33. The molecule has 0 saturated heterocycles. The summed E-state index contributed by atoms with van der Waals surface area (Å²) in [6.07, 6.45) is -0.115. The number of fused-ring (bicyclic) bond motifs is 1. The largest absolute Gasteiger partial charge is 0.486 e. The molecule has 1 aliphatic heterocycles. The van der Waals surface area contributed by atoms with Crippen LogP contribution in [0.25, 0.3) is 0 Å². The average molecular weight is 265 g/mol. The highest BCUT2D eigenvalue weighted by molar-refractivity contribution is 5.95. The van der Waals surface area contributed by atoms with Gasteiger partial charge in [-0.3, -0.25) is 9.59 Å². The molecular formula is C13H15NO5. The van der Waals surface area contributed by atoms with Crippen molar-refractivity contribution in [3.8, 4) is 11.5 Å². The van der Waals surface area contributed by atoms with E-state index in [0.29, 0.717) is 30.3 Å². The van der Waals surface area contributed by atoms with Gasteiger partial charge in [0.1, 0.15) is 13.2 Å². The van der Waals surface area contributed by atoms with Gasteiger partial charge >= 0.3 is 5.97 Å². The SMILES string of the molecule is CC(CC(=O)O)NC(=O)c1ccc2c(c1)OCCO2. The fraction of sp³-hybridized carbons (Fsp3) is 0.385. The summed E-state index contributed by atoms with van der Waals surface area (Å²) in [5, 5.41) is 11.3. The summed E-state index contributed by atoms with van der Waals surface area (Å²) in [7, 11) is 0. The molecule has 2 rings (SSSR count). The molecule has 6 nitrogen and oxygen atoms in total. The van der Waals surface area contributed by atoms with Crippen molar-refractivity contribution in [1.82, 2.24) is 5.32 Å². The van der Waals surface area contributed by atoms with Crippen molar-refractivity contribution in [3.63, 3.8) is 0 Å². The molecule has 0 fully saturated rings. The van der Waals surface area contributed by atoms with E-state index in [2.05, 4.69) is 5.32 Å². The van der Waals surface area contributed by atoms with Gasteiger partial charge in [-0.2, -0.15) is 0 Å². The second kappa shape index (κ2) is 5.60. The number of rotatable bonds is 4. The summed E-state index contributed by atoms with van der Waals surface area (Å²) >= 11 is 0. The van der Waals surface area contributed by atoms with Crippen LogP contribution in [0.15, 0.2) is 18.2 Å². The molecule has 1 amide bonds. The maximum atomic E-state index is 11.9. The van der Waals surface area contributed by atoms with E-state index in [4.69, 9.17) is 14.6 Å². The first-order valence-corrected chi connectivity index (χ1v) is 5.98. The Kier molecular flexibility index (Phi) is 3.89. The van der Waals surface area contributed by atoms with Crippen LogP contribution < -0.4 is 14.8 Å². The minimum atomic E-state index is -0.949. The van der Waals surface area contributed by atoms with Crippen LogP contribution in [0.5, 0.6) is 11.5 Å². The molecule has 6 heteroatoms. The first-order valence-electron chi connectivity index (χ1n) is 5.98. The molecule has 1 aromatic rings. The van der Waals surface area contributed by atoms with Gasteiger partial charge in [0.25, 0.3) is 5.91 Å². The van der Waals surface area contributed by atoms with Gasteiger partial charge in [-0.1, -0.05) is 0 Å². The lowest BCUT2D eigenvalue weighted by Gasteiger charge is -2.19. The predicted octanol–water partition coefficient (Wildman–Crippen LogP) is 1.05. The van der Waals surface area contributed by atoms with Gasteiger partial charge in [0.2, 0.25) is 0 Å². The molecule has 0 bridgehead atoms. The number of hydrogen-bond donors (Lipinski definition) is 2. The third-order valence-electron chi connectivity index (χ3n) is 2.66. The highest BCUT2D eigenvalue weighted by atomic mass is 16.6. The van der Waals surface area contributed by atoms with Crippen LogP contribution in [0.3, 0.4) is 0 Å². The topological polar surface area (TPSA) is 84.9 Å². The maximum absolute atomic E-state index is 11.9. The summed E-state index contributed by atoms with van der Waals surface area (Å²) in [6.45, 7) is 2.59. The van der Waals surface area contributed by atoms with E-state index in [0.717, 1.165) is 0 Å². The van der Waals surface area contributed by atoms with E-state index in [1.165, 1.54) is 0 Å². The molecule has 1 unspecified atom stereocenters. The van der Waals surface area contributed by atoms with Crippen LogP contribution in [-0.2, 0) is 4.79 Å². The molecule has 102 valence electrons. The Bertz CT molecular complexity index is 500. The molecular weight excluding hydrogens is 250 g/mol. The highest BCUT2D eigenvalue weighted by Gasteiger charge is 2.16. The maximum Gasteiger partial charge on any atom is 0.305 e.